The first-order chi connectivity index (χ1) is 7.45. The predicted octanol–water partition coefficient (Wildman–Crippen LogP) is 1.02. The molecule has 0 aliphatic heterocycles. The van der Waals surface area contributed by atoms with Crippen LogP contribution in [0.5, 0.6) is 0 Å². The summed E-state index contributed by atoms with van der Waals surface area (Å²) in [5, 5.41) is 0. The number of esters is 2. The van der Waals surface area contributed by atoms with Crippen molar-refractivity contribution in [2.75, 3.05) is 6.61 Å². The number of carbonyl (C=O) groups excluding carboxylic acids is 3. The molecule has 5 nitrogen and oxygen atoms in total. The van der Waals surface area contributed by atoms with Crippen molar-refractivity contribution >= 4 is 17.7 Å². The summed E-state index contributed by atoms with van der Waals surface area (Å²) in [6.45, 7) is 4.56. The van der Waals surface area contributed by atoms with Gasteiger partial charge in [-0.2, -0.15) is 0 Å². The van der Waals surface area contributed by atoms with Gasteiger partial charge in [0, 0.05) is 6.08 Å². The fourth-order valence-corrected chi connectivity index (χ4v) is 0.887. The second-order valence-corrected chi connectivity index (χ2v) is 3.31. The van der Waals surface area contributed by atoms with E-state index in [9.17, 15) is 14.4 Å². The maximum absolute atomic E-state index is 11.0. The highest BCUT2D eigenvalue weighted by Crippen LogP contribution is 1.97. The summed E-state index contributed by atoms with van der Waals surface area (Å²) in [7, 11) is 0. The molecule has 0 saturated carbocycles. The van der Waals surface area contributed by atoms with Crippen LogP contribution in [-0.4, -0.2) is 30.4 Å². The van der Waals surface area contributed by atoms with Crippen molar-refractivity contribution in [2.24, 2.45) is 0 Å². The van der Waals surface area contributed by atoms with Gasteiger partial charge in [0.05, 0.1) is 0 Å². The van der Waals surface area contributed by atoms with Crippen molar-refractivity contribution in [1.82, 2.24) is 0 Å². The van der Waals surface area contributed by atoms with Gasteiger partial charge in [0.25, 0.3) is 0 Å². The first-order valence-corrected chi connectivity index (χ1v) is 4.94. The van der Waals surface area contributed by atoms with E-state index in [0.717, 1.165) is 0 Å². The fourth-order valence-electron chi connectivity index (χ4n) is 0.887. The Morgan fingerprint density at radius 3 is 2.44 bits per heavy atom. The van der Waals surface area contributed by atoms with Crippen LogP contribution in [-0.2, 0) is 23.9 Å². The SMILES string of the molecule is C/C=C/C(=O)OCC(C)OC(=O)CC(C)=O. The van der Waals surface area contributed by atoms with E-state index in [4.69, 9.17) is 9.47 Å². The van der Waals surface area contributed by atoms with Crippen molar-refractivity contribution in [3.63, 3.8) is 0 Å². The number of hydrogen-bond donors (Lipinski definition) is 0. The third-order valence-electron chi connectivity index (χ3n) is 1.49. The minimum atomic E-state index is -0.609. The largest absolute Gasteiger partial charge is 0.459 e. The zero-order valence-corrected chi connectivity index (χ0v) is 9.69. The number of ether oxygens (including phenoxy) is 2. The summed E-state index contributed by atoms with van der Waals surface area (Å²) in [5.41, 5.74) is 0. The first kappa shape index (κ1) is 14.3. The molecule has 0 N–H and O–H groups in total. The molecule has 0 amide bonds. The minimum absolute atomic E-state index is 0.0210. The Kier molecular flexibility index (Phi) is 6.83. The van der Waals surface area contributed by atoms with Gasteiger partial charge in [-0.05, 0) is 20.8 Å². The second-order valence-electron chi connectivity index (χ2n) is 3.31. The Balaban J connectivity index is 3.82. The lowest BCUT2D eigenvalue weighted by atomic mass is 10.3. The summed E-state index contributed by atoms with van der Waals surface area (Å²) in [5.74, 6) is -1.36. The number of carbonyl (C=O) groups is 3. The highest BCUT2D eigenvalue weighted by atomic mass is 16.6. The Morgan fingerprint density at radius 2 is 1.94 bits per heavy atom. The molecule has 0 spiro atoms. The molecule has 90 valence electrons. The van der Waals surface area contributed by atoms with Crippen molar-refractivity contribution < 1.29 is 23.9 Å². The van der Waals surface area contributed by atoms with Gasteiger partial charge in [-0.3, -0.25) is 9.59 Å². The average Bonchev–Trinajstić information content (AvgIpc) is 2.13. The molecule has 0 aromatic heterocycles. The Bertz CT molecular complexity index is 293. The Labute approximate surface area is 94.4 Å². The van der Waals surface area contributed by atoms with E-state index in [0.29, 0.717) is 0 Å². The van der Waals surface area contributed by atoms with E-state index < -0.39 is 18.0 Å². The molecule has 0 aromatic carbocycles. The molecule has 1 unspecified atom stereocenters. The van der Waals surface area contributed by atoms with Crippen LogP contribution in [0.15, 0.2) is 12.2 Å². The van der Waals surface area contributed by atoms with Crippen molar-refractivity contribution in [3.05, 3.63) is 12.2 Å². The van der Waals surface area contributed by atoms with E-state index in [2.05, 4.69) is 0 Å². The predicted molar refractivity (Wildman–Crippen MR) is 56.6 cm³/mol. The van der Waals surface area contributed by atoms with Crippen LogP contribution in [0, 0.1) is 0 Å². The normalized spacial score (nSPS) is 12.2. The molecule has 5 heteroatoms. The van der Waals surface area contributed by atoms with Crippen molar-refractivity contribution in [1.29, 1.82) is 0 Å². The van der Waals surface area contributed by atoms with Gasteiger partial charge < -0.3 is 9.47 Å². The van der Waals surface area contributed by atoms with Gasteiger partial charge in [0.1, 0.15) is 24.9 Å². The number of ketones is 1. The smallest absolute Gasteiger partial charge is 0.330 e. The molecular weight excluding hydrogens is 212 g/mol. The molecule has 0 bridgehead atoms. The van der Waals surface area contributed by atoms with E-state index in [1.165, 1.54) is 13.0 Å². The summed E-state index contributed by atoms with van der Waals surface area (Å²) in [6, 6.07) is 0. The molecule has 0 heterocycles. The Hall–Kier alpha value is -1.65. The highest BCUT2D eigenvalue weighted by Gasteiger charge is 2.12. The fraction of sp³-hybridized carbons (Fsp3) is 0.545. The van der Waals surface area contributed by atoms with E-state index in [1.54, 1.807) is 19.9 Å². The van der Waals surface area contributed by atoms with Crippen LogP contribution in [0.3, 0.4) is 0 Å². The first-order valence-electron chi connectivity index (χ1n) is 4.94. The van der Waals surface area contributed by atoms with Crippen molar-refractivity contribution in [2.45, 2.75) is 33.3 Å². The van der Waals surface area contributed by atoms with Crippen LogP contribution in [0.25, 0.3) is 0 Å². The topological polar surface area (TPSA) is 69.7 Å². The summed E-state index contributed by atoms with van der Waals surface area (Å²) in [4.78, 5) is 32.5. The molecule has 0 aliphatic carbocycles. The number of rotatable bonds is 6. The maximum atomic E-state index is 11.0. The molecule has 16 heavy (non-hydrogen) atoms. The van der Waals surface area contributed by atoms with Crippen LogP contribution < -0.4 is 0 Å². The van der Waals surface area contributed by atoms with Gasteiger partial charge in [0.15, 0.2) is 0 Å². The Morgan fingerprint density at radius 1 is 1.31 bits per heavy atom. The van der Waals surface area contributed by atoms with Gasteiger partial charge in [-0.15, -0.1) is 0 Å². The van der Waals surface area contributed by atoms with Crippen LogP contribution in [0.1, 0.15) is 27.2 Å². The van der Waals surface area contributed by atoms with Gasteiger partial charge in [0.2, 0.25) is 0 Å². The van der Waals surface area contributed by atoms with Gasteiger partial charge in [-0.25, -0.2) is 4.79 Å². The lowest BCUT2D eigenvalue weighted by molar-refractivity contribution is -0.156. The van der Waals surface area contributed by atoms with Gasteiger partial charge in [-0.1, -0.05) is 6.08 Å². The summed E-state index contributed by atoms with van der Waals surface area (Å²) < 4.78 is 9.59. The molecule has 0 rings (SSSR count). The van der Waals surface area contributed by atoms with Gasteiger partial charge >= 0.3 is 11.9 Å². The number of Topliss-reactive ketones (excluding diaryl/α,β-unsaturated/α-hetero) is 1. The third kappa shape index (κ3) is 7.73. The number of allylic oxidation sites excluding steroid dienone is 1. The molecule has 0 aromatic rings. The summed E-state index contributed by atoms with van der Waals surface area (Å²) in [6.07, 6.45) is 2.01. The number of hydrogen-bond acceptors (Lipinski definition) is 5. The summed E-state index contributed by atoms with van der Waals surface area (Å²) >= 11 is 0. The van der Waals surface area contributed by atoms with Crippen LogP contribution >= 0.6 is 0 Å². The van der Waals surface area contributed by atoms with E-state index in [-0.39, 0.29) is 18.8 Å². The van der Waals surface area contributed by atoms with E-state index in [1.807, 2.05) is 0 Å². The van der Waals surface area contributed by atoms with Crippen LogP contribution in [0.4, 0.5) is 0 Å². The quantitative estimate of drug-likeness (QED) is 0.385. The zero-order valence-electron chi connectivity index (χ0n) is 9.69. The standard InChI is InChI=1S/C11H16O5/c1-4-5-10(13)15-7-9(3)16-11(14)6-8(2)12/h4-5,9H,6-7H2,1-3H3/b5-4+. The lowest BCUT2D eigenvalue weighted by Crippen LogP contribution is -2.22. The van der Waals surface area contributed by atoms with Crippen molar-refractivity contribution in [3.8, 4) is 0 Å². The minimum Gasteiger partial charge on any atom is -0.459 e. The molecular formula is C11H16O5. The molecule has 0 aliphatic rings. The third-order valence-corrected chi connectivity index (χ3v) is 1.49. The average molecular weight is 228 g/mol. The molecule has 1 atom stereocenters. The molecule has 0 saturated heterocycles. The van der Waals surface area contributed by atoms with Crippen LogP contribution in [0.2, 0.25) is 0 Å². The lowest BCUT2D eigenvalue weighted by Gasteiger charge is -2.12. The second kappa shape index (κ2) is 7.62. The molecule has 0 radical (unpaired) electrons. The zero-order chi connectivity index (χ0) is 12.6. The highest BCUT2D eigenvalue weighted by molar-refractivity contribution is 5.94. The maximum Gasteiger partial charge on any atom is 0.330 e. The molecule has 0 fully saturated rings. The van der Waals surface area contributed by atoms with E-state index >= 15 is 0 Å². The monoisotopic (exact) mass is 228 g/mol.